The van der Waals surface area contributed by atoms with Crippen molar-refractivity contribution in [2.45, 2.75) is 25.0 Å². The van der Waals surface area contributed by atoms with Gasteiger partial charge in [0.2, 0.25) is 11.7 Å². The van der Waals surface area contributed by atoms with Gasteiger partial charge in [0.1, 0.15) is 0 Å². The summed E-state index contributed by atoms with van der Waals surface area (Å²) in [6, 6.07) is 3.95. The molecule has 2 aliphatic rings. The molecule has 1 saturated heterocycles. The minimum Gasteiger partial charge on any atom is -0.387 e. The van der Waals surface area contributed by atoms with Crippen LogP contribution in [0.2, 0.25) is 0 Å². The second-order valence-corrected chi connectivity index (χ2v) is 6.46. The van der Waals surface area contributed by atoms with E-state index in [0.717, 1.165) is 18.0 Å². The minimum absolute atomic E-state index is 0.448. The van der Waals surface area contributed by atoms with Crippen molar-refractivity contribution in [2.75, 3.05) is 13.1 Å². The Morgan fingerprint density at radius 2 is 2.32 bits per heavy atom. The number of β-amino-alcohol motifs (C(OH)–C–C–N with tert-alkyl or cyclic N) is 1. The topological polar surface area (TPSA) is 62.4 Å². The van der Waals surface area contributed by atoms with Gasteiger partial charge in [0.15, 0.2) is 0 Å². The zero-order valence-electron chi connectivity index (χ0n) is 10.5. The average molecular weight is 277 g/mol. The Morgan fingerprint density at radius 3 is 3.00 bits per heavy atom. The number of hydrogen-bond acceptors (Lipinski definition) is 6. The maximum absolute atomic E-state index is 10.2. The van der Waals surface area contributed by atoms with Gasteiger partial charge in [-0.2, -0.15) is 4.98 Å². The zero-order valence-corrected chi connectivity index (χ0v) is 11.3. The van der Waals surface area contributed by atoms with E-state index in [1.54, 1.807) is 11.3 Å². The highest BCUT2D eigenvalue weighted by Gasteiger charge is 2.51. The largest absolute Gasteiger partial charge is 0.387 e. The number of aromatic nitrogens is 2. The highest BCUT2D eigenvalue weighted by atomic mass is 32.1. The first-order valence-corrected chi connectivity index (χ1v) is 7.42. The second kappa shape index (κ2) is 4.13. The van der Waals surface area contributed by atoms with Crippen LogP contribution in [0.4, 0.5) is 0 Å². The van der Waals surface area contributed by atoms with Crippen LogP contribution in [0.15, 0.2) is 22.0 Å². The molecule has 0 bridgehead atoms. The van der Waals surface area contributed by atoms with E-state index in [9.17, 15) is 5.11 Å². The molecule has 0 spiro atoms. The molecule has 1 aliphatic carbocycles. The number of hydrogen-bond donors (Lipinski definition) is 1. The molecule has 5 nitrogen and oxygen atoms in total. The molecule has 6 heteroatoms. The van der Waals surface area contributed by atoms with Crippen LogP contribution in [0.25, 0.3) is 10.7 Å². The van der Waals surface area contributed by atoms with E-state index in [-0.39, 0.29) is 0 Å². The zero-order chi connectivity index (χ0) is 12.9. The molecule has 1 N–H and O–H groups in total. The molecule has 2 aromatic rings. The van der Waals surface area contributed by atoms with E-state index in [1.165, 1.54) is 12.8 Å². The lowest BCUT2D eigenvalue weighted by molar-refractivity contribution is -0.119. The summed E-state index contributed by atoms with van der Waals surface area (Å²) in [6.07, 6.45) is 2.35. The van der Waals surface area contributed by atoms with Gasteiger partial charge >= 0.3 is 0 Å². The SMILES string of the molecule is OC1(C2CC2)CN(Cc2nc(-c3cccs3)no2)C1. The molecular formula is C13H15N3O2S. The van der Waals surface area contributed by atoms with Crippen molar-refractivity contribution >= 4 is 11.3 Å². The summed E-state index contributed by atoms with van der Waals surface area (Å²) in [5, 5.41) is 16.2. The molecule has 100 valence electrons. The molecule has 3 heterocycles. The Bertz CT molecular complexity index is 570. The van der Waals surface area contributed by atoms with E-state index < -0.39 is 5.60 Å². The van der Waals surface area contributed by atoms with Crippen LogP contribution in [0, 0.1) is 5.92 Å². The van der Waals surface area contributed by atoms with Crippen LogP contribution in [0.1, 0.15) is 18.7 Å². The van der Waals surface area contributed by atoms with E-state index in [1.807, 2.05) is 17.5 Å². The van der Waals surface area contributed by atoms with Crippen molar-refractivity contribution < 1.29 is 9.63 Å². The fourth-order valence-electron chi connectivity index (χ4n) is 2.74. The number of rotatable bonds is 4. The van der Waals surface area contributed by atoms with Crippen molar-refractivity contribution in [1.82, 2.24) is 15.0 Å². The summed E-state index contributed by atoms with van der Waals surface area (Å²) in [6.45, 7) is 2.09. The standard InChI is InChI=1S/C13H15N3O2S/c17-13(9-3-4-9)7-16(8-13)6-11-14-12(15-18-11)10-2-1-5-19-10/h1-2,5,9,17H,3-4,6-8H2. The molecule has 0 aromatic carbocycles. The summed E-state index contributed by atoms with van der Waals surface area (Å²) in [7, 11) is 0. The molecule has 19 heavy (non-hydrogen) atoms. The van der Waals surface area contributed by atoms with Gasteiger partial charge in [-0.05, 0) is 30.2 Å². The highest BCUT2D eigenvalue weighted by molar-refractivity contribution is 7.13. The van der Waals surface area contributed by atoms with Crippen LogP contribution in [-0.2, 0) is 6.54 Å². The lowest BCUT2D eigenvalue weighted by atomic mass is 9.89. The third kappa shape index (κ3) is 2.09. The third-order valence-corrected chi connectivity index (χ3v) is 4.77. The smallest absolute Gasteiger partial charge is 0.241 e. The first kappa shape index (κ1) is 11.6. The fourth-order valence-corrected chi connectivity index (χ4v) is 3.38. The van der Waals surface area contributed by atoms with Crippen LogP contribution >= 0.6 is 11.3 Å². The van der Waals surface area contributed by atoms with Gasteiger partial charge in [-0.3, -0.25) is 4.90 Å². The van der Waals surface area contributed by atoms with E-state index in [0.29, 0.717) is 24.2 Å². The molecule has 0 radical (unpaired) electrons. The number of aliphatic hydroxyl groups is 1. The lowest BCUT2D eigenvalue weighted by Gasteiger charge is -2.46. The fraction of sp³-hybridized carbons (Fsp3) is 0.538. The molecule has 1 saturated carbocycles. The number of likely N-dealkylation sites (tertiary alicyclic amines) is 1. The Hall–Kier alpha value is -1.24. The van der Waals surface area contributed by atoms with E-state index in [4.69, 9.17) is 4.52 Å². The third-order valence-electron chi connectivity index (χ3n) is 3.90. The van der Waals surface area contributed by atoms with Gasteiger partial charge < -0.3 is 9.63 Å². The average Bonchev–Trinajstić information content (AvgIpc) is 2.89. The summed E-state index contributed by atoms with van der Waals surface area (Å²) in [5.74, 6) is 1.80. The summed E-state index contributed by atoms with van der Waals surface area (Å²) >= 11 is 1.60. The molecule has 0 atom stereocenters. The van der Waals surface area contributed by atoms with Crippen LogP contribution in [0.5, 0.6) is 0 Å². The first-order chi connectivity index (χ1) is 9.23. The van der Waals surface area contributed by atoms with E-state index in [2.05, 4.69) is 15.0 Å². The van der Waals surface area contributed by atoms with Crippen molar-refractivity contribution in [3.05, 3.63) is 23.4 Å². The van der Waals surface area contributed by atoms with Gasteiger partial charge in [0.05, 0.1) is 17.0 Å². The molecular weight excluding hydrogens is 262 g/mol. The van der Waals surface area contributed by atoms with Crippen molar-refractivity contribution in [3.63, 3.8) is 0 Å². The predicted molar refractivity (Wildman–Crippen MR) is 70.6 cm³/mol. The van der Waals surface area contributed by atoms with Gasteiger partial charge in [0.25, 0.3) is 0 Å². The van der Waals surface area contributed by atoms with Crippen molar-refractivity contribution in [3.8, 4) is 10.7 Å². The molecule has 0 unspecified atom stereocenters. The van der Waals surface area contributed by atoms with Crippen molar-refractivity contribution in [2.24, 2.45) is 5.92 Å². The minimum atomic E-state index is -0.448. The molecule has 1 aliphatic heterocycles. The van der Waals surface area contributed by atoms with E-state index >= 15 is 0 Å². The monoisotopic (exact) mass is 277 g/mol. The Kier molecular flexibility index (Phi) is 2.51. The quantitative estimate of drug-likeness (QED) is 0.922. The van der Waals surface area contributed by atoms with Gasteiger partial charge in [-0.1, -0.05) is 11.2 Å². The number of nitrogens with zero attached hydrogens (tertiary/aromatic N) is 3. The van der Waals surface area contributed by atoms with Crippen LogP contribution in [-0.4, -0.2) is 38.8 Å². The molecule has 4 rings (SSSR count). The second-order valence-electron chi connectivity index (χ2n) is 5.51. The molecule has 2 fully saturated rings. The maximum Gasteiger partial charge on any atom is 0.241 e. The highest BCUT2D eigenvalue weighted by Crippen LogP contribution is 2.44. The van der Waals surface area contributed by atoms with Crippen LogP contribution < -0.4 is 0 Å². The Labute approximate surface area is 114 Å². The Morgan fingerprint density at radius 1 is 1.47 bits per heavy atom. The summed E-state index contributed by atoms with van der Waals surface area (Å²) in [5.41, 5.74) is -0.448. The van der Waals surface area contributed by atoms with Gasteiger partial charge in [0, 0.05) is 13.1 Å². The van der Waals surface area contributed by atoms with Gasteiger partial charge in [-0.25, -0.2) is 0 Å². The van der Waals surface area contributed by atoms with Crippen LogP contribution in [0.3, 0.4) is 0 Å². The van der Waals surface area contributed by atoms with Gasteiger partial charge in [-0.15, -0.1) is 11.3 Å². The normalized spacial score (nSPS) is 22.4. The predicted octanol–water partition coefficient (Wildman–Crippen LogP) is 1.75. The van der Waals surface area contributed by atoms with Crippen molar-refractivity contribution in [1.29, 1.82) is 0 Å². The molecule has 2 aromatic heterocycles. The number of thiophene rings is 1. The summed E-state index contributed by atoms with van der Waals surface area (Å²) < 4.78 is 5.26. The molecule has 0 amide bonds. The maximum atomic E-state index is 10.2. The lowest BCUT2D eigenvalue weighted by Crippen LogP contribution is -2.62. The first-order valence-electron chi connectivity index (χ1n) is 6.54. The Balaban J connectivity index is 1.39. The summed E-state index contributed by atoms with van der Waals surface area (Å²) in [4.78, 5) is 7.57.